The highest BCUT2D eigenvalue weighted by Gasteiger charge is 2.08. The molecule has 0 aliphatic heterocycles. The third kappa shape index (κ3) is 4.60. The summed E-state index contributed by atoms with van der Waals surface area (Å²) in [5.41, 5.74) is 4.10. The van der Waals surface area contributed by atoms with Gasteiger partial charge in [-0.05, 0) is 49.8 Å². The highest BCUT2D eigenvalue weighted by atomic mass is 32.1. The van der Waals surface area contributed by atoms with E-state index in [9.17, 15) is 0 Å². The molecule has 2 rings (SSSR count). The quantitative estimate of drug-likeness (QED) is 0.830. The minimum absolute atomic E-state index is 0.297. The SMILES string of the molecule is COC(=S)Nc1cc(OC)ccc1COc1ccc(C)cc1C. The molecule has 0 saturated heterocycles. The summed E-state index contributed by atoms with van der Waals surface area (Å²) >= 11 is 5.07. The molecule has 0 unspecified atom stereocenters. The molecular formula is C18H21NO3S. The number of benzene rings is 2. The van der Waals surface area contributed by atoms with Crippen molar-refractivity contribution in [3.63, 3.8) is 0 Å². The lowest BCUT2D eigenvalue weighted by Crippen LogP contribution is -2.13. The van der Waals surface area contributed by atoms with Gasteiger partial charge in [-0.3, -0.25) is 0 Å². The maximum atomic E-state index is 5.94. The molecule has 0 aliphatic rings. The predicted octanol–water partition coefficient (Wildman–Crippen LogP) is 4.23. The van der Waals surface area contributed by atoms with E-state index in [4.69, 9.17) is 26.4 Å². The lowest BCUT2D eigenvalue weighted by Gasteiger charge is -2.15. The van der Waals surface area contributed by atoms with Gasteiger partial charge in [0.1, 0.15) is 18.1 Å². The van der Waals surface area contributed by atoms with Crippen LogP contribution in [0.15, 0.2) is 36.4 Å². The Morgan fingerprint density at radius 2 is 1.87 bits per heavy atom. The number of nitrogens with one attached hydrogen (secondary N) is 1. The van der Waals surface area contributed by atoms with Crippen LogP contribution in [0.3, 0.4) is 0 Å². The minimum Gasteiger partial charge on any atom is -0.497 e. The third-order valence-electron chi connectivity index (χ3n) is 3.45. The van der Waals surface area contributed by atoms with E-state index >= 15 is 0 Å². The molecule has 0 aromatic heterocycles. The second-order valence-corrected chi connectivity index (χ2v) is 5.57. The monoisotopic (exact) mass is 331 g/mol. The van der Waals surface area contributed by atoms with Crippen LogP contribution in [-0.2, 0) is 11.3 Å². The molecule has 0 amide bonds. The normalized spacial score (nSPS) is 10.1. The number of hydrogen-bond donors (Lipinski definition) is 1. The fraction of sp³-hybridized carbons (Fsp3) is 0.278. The van der Waals surface area contributed by atoms with Gasteiger partial charge in [0, 0.05) is 11.6 Å². The van der Waals surface area contributed by atoms with Gasteiger partial charge < -0.3 is 19.5 Å². The number of methoxy groups -OCH3 is 2. The van der Waals surface area contributed by atoms with Crippen molar-refractivity contribution in [2.75, 3.05) is 19.5 Å². The van der Waals surface area contributed by atoms with Gasteiger partial charge in [0.2, 0.25) is 0 Å². The molecule has 0 fully saturated rings. The second kappa shape index (κ2) is 7.83. The molecule has 0 spiro atoms. The largest absolute Gasteiger partial charge is 0.497 e. The van der Waals surface area contributed by atoms with E-state index in [0.717, 1.165) is 28.3 Å². The van der Waals surface area contributed by atoms with Gasteiger partial charge in [0.15, 0.2) is 0 Å². The van der Waals surface area contributed by atoms with Crippen molar-refractivity contribution in [2.45, 2.75) is 20.5 Å². The van der Waals surface area contributed by atoms with Gasteiger partial charge >= 0.3 is 0 Å². The van der Waals surface area contributed by atoms with Crippen LogP contribution in [0, 0.1) is 13.8 Å². The average Bonchev–Trinajstić information content (AvgIpc) is 2.54. The molecule has 2 aromatic carbocycles. The zero-order valence-electron chi connectivity index (χ0n) is 13.8. The highest BCUT2D eigenvalue weighted by Crippen LogP contribution is 2.26. The van der Waals surface area contributed by atoms with Gasteiger partial charge in [-0.15, -0.1) is 0 Å². The Balaban J connectivity index is 2.19. The van der Waals surface area contributed by atoms with Gasteiger partial charge in [0.05, 0.1) is 19.9 Å². The molecule has 1 N–H and O–H groups in total. The van der Waals surface area contributed by atoms with E-state index in [1.807, 2.05) is 37.3 Å². The molecule has 0 bridgehead atoms. The molecule has 0 atom stereocenters. The van der Waals surface area contributed by atoms with E-state index in [-0.39, 0.29) is 0 Å². The Kier molecular flexibility index (Phi) is 5.82. The molecule has 5 heteroatoms. The van der Waals surface area contributed by atoms with Crippen LogP contribution in [0.4, 0.5) is 5.69 Å². The summed E-state index contributed by atoms with van der Waals surface area (Å²) < 4.78 is 16.2. The number of rotatable bonds is 5. The Bertz CT molecular complexity index is 701. The van der Waals surface area contributed by atoms with Crippen molar-refractivity contribution in [2.24, 2.45) is 0 Å². The fourth-order valence-electron chi connectivity index (χ4n) is 2.20. The molecule has 0 saturated carbocycles. The highest BCUT2D eigenvalue weighted by molar-refractivity contribution is 7.80. The van der Waals surface area contributed by atoms with Crippen molar-refractivity contribution in [1.29, 1.82) is 0 Å². The van der Waals surface area contributed by atoms with Crippen LogP contribution < -0.4 is 14.8 Å². The van der Waals surface area contributed by atoms with E-state index in [2.05, 4.69) is 18.3 Å². The first-order valence-electron chi connectivity index (χ1n) is 7.25. The van der Waals surface area contributed by atoms with Crippen molar-refractivity contribution >= 4 is 23.1 Å². The van der Waals surface area contributed by atoms with Crippen LogP contribution in [0.25, 0.3) is 0 Å². The van der Waals surface area contributed by atoms with Crippen LogP contribution in [0.2, 0.25) is 0 Å². The van der Waals surface area contributed by atoms with Gasteiger partial charge in [-0.25, -0.2) is 0 Å². The molecule has 0 aliphatic carbocycles. The zero-order valence-corrected chi connectivity index (χ0v) is 14.6. The summed E-state index contributed by atoms with van der Waals surface area (Å²) in [6.07, 6.45) is 0. The first-order valence-corrected chi connectivity index (χ1v) is 7.66. The number of thiocarbonyl (C=S) groups is 1. The first kappa shape index (κ1) is 17.1. The van der Waals surface area contributed by atoms with Gasteiger partial charge in [-0.2, -0.15) is 0 Å². The van der Waals surface area contributed by atoms with E-state index < -0.39 is 0 Å². The molecule has 2 aromatic rings. The topological polar surface area (TPSA) is 39.7 Å². The van der Waals surface area contributed by atoms with Crippen LogP contribution in [0.5, 0.6) is 11.5 Å². The lowest BCUT2D eigenvalue weighted by molar-refractivity contribution is 0.304. The van der Waals surface area contributed by atoms with E-state index in [0.29, 0.717) is 11.8 Å². The molecule has 0 heterocycles. The Hall–Kier alpha value is -2.27. The summed E-state index contributed by atoms with van der Waals surface area (Å²) in [7, 11) is 3.15. The zero-order chi connectivity index (χ0) is 16.8. The molecule has 0 radical (unpaired) electrons. The van der Waals surface area contributed by atoms with Crippen molar-refractivity contribution < 1.29 is 14.2 Å². The van der Waals surface area contributed by atoms with Crippen molar-refractivity contribution in [1.82, 2.24) is 0 Å². The predicted molar refractivity (Wildman–Crippen MR) is 96.5 cm³/mol. The molecule has 4 nitrogen and oxygen atoms in total. The third-order valence-corrected chi connectivity index (χ3v) is 3.72. The fourth-order valence-corrected chi connectivity index (χ4v) is 2.31. The lowest BCUT2D eigenvalue weighted by atomic mass is 10.1. The average molecular weight is 331 g/mol. The summed E-state index contributed by atoms with van der Waals surface area (Å²) in [5, 5.41) is 3.34. The number of aryl methyl sites for hydroxylation is 2. The maximum absolute atomic E-state index is 5.94. The standard InChI is InChI=1S/C18H21NO3S/c1-12-5-8-17(13(2)9-12)22-11-14-6-7-15(20-3)10-16(14)19-18(23)21-4/h5-10H,11H2,1-4H3,(H,19,23). The van der Waals surface area contributed by atoms with E-state index in [1.54, 1.807) is 7.11 Å². The van der Waals surface area contributed by atoms with Crippen LogP contribution >= 0.6 is 12.2 Å². The number of anilines is 1. The maximum Gasteiger partial charge on any atom is 0.260 e. The van der Waals surface area contributed by atoms with Crippen LogP contribution in [-0.4, -0.2) is 19.4 Å². The summed E-state index contributed by atoms with van der Waals surface area (Å²) in [5.74, 6) is 1.60. The summed E-state index contributed by atoms with van der Waals surface area (Å²) in [6.45, 7) is 4.52. The Labute approximate surface area is 142 Å². The minimum atomic E-state index is 0.297. The molecule has 23 heavy (non-hydrogen) atoms. The van der Waals surface area contributed by atoms with Gasteiger partial charge in [0.25, 0.3) is 5.17 Å². The number of ether oxygens (including phenoxy) is 3. The second-order valence-electron chi connectivity index (χ2n) is 5.20. The molecular weight excluding hydrogens is 310 g/mol. The van der Waals surface area contributed by atoms with E-state index in [1.165, 1.54) is 12.7 Å². The summed E-state index contributed by atoms with van der Waals surface area (Å²) in [6, 6.07) is 11.8. The molecule has 122 valence electrons. The Morgan fingerprint density at radius 3 is 2.52 bits per heavy atom. The number of hydrogen-bond acceptors (Lipinski definition) is 4. The van der Waals surface area contributed by atoms with Crippen LogP contribution in [0.1, 0.15) is 16.7 Å². The smallest absolute Gasteiger partial charge is 0.260 e. The van der Waals surface area contributed by atoms with Crippen molar-refractivity contribution in [3.05, 3.63) is 53.1 Å². The van der Waals surface area contributed by atoms with Gasteiger partial charge in [-0.1, -0.05) is 17.7 Å². The summed E-state index contributed by atoms with van der Waals surface area (Å²) in [4.78, 5) is 0. The Morgan fingerprint density at radius 1 is 1.09 bits per heavy atom. The van der Waals surface area contributed by atoms with Crippen molar-refractivity contribution in [3.8, 4) is 11.5 Å². The first-order chi connectivity index (χ1) is 11.0.